The van der Waals surface area contributed by atoms with E-state index in [-0.39, 0.29) is 5.56 Å². The van der Waals surface area contributed by atoms with Crippen molar-refractivity contribution in [2.24, 2.45) is 0 Å². The van der Waals surface area contributed by atoms with E-state index in [1.54, 1.807) is 6.07 Å². The second-order valence-electron chi connectivity index (χ2n) is 4.01. The quantitative estimate of drug-likeness (QED) is 0.896. The Morgan fingerprint density at radius 3 is 2.89 bits per heavy atom. The first-order valence-electron chi connectivity index (χ1n) is 5.81. The predicted octanol–water partition coefficient (Wildman–Crippen LogP) is 3.13. The Labute approximate surface area is 105 Å². The lowest BCUT2D eigenvalue weighted by Crippen LogP contribution is -1.99. The van der Waals surface area contributed by atoms with Crippen molar-refractivity contribution in [3.8, 4) is 6.07 Å². The Morgan fingerprint density at radius 1 is 1.39 bits per heavy atom. The van der Waals surface area contributed by atoms with Gasteiger partial charge < -0.3 is 9.88 Å². The van der Waals surface area contributed by atoms with Crippen molar-refractivity contribution >= 4 is 5.69 Å². The van der Waals surface area contributed by atoms with Gasteiger partial charge in [-0.25, -0.2) is 4.39 Å². The van der Waals surface area contributed by atoms with Crippen LogP contribution in [-0.2, 0) is 13.1 Å². The smallest absolute Gasteiger partial charge is 0.141 e. The fourth-order valence-electron chi connectivity index (χ4n) is 1.72. The fourth-order valence-corrected chi connectivity index (χ4v) is 1.72. The van der Waals surface area contributed by atoms with Gasteiger partial charge >= 0.3 is 0 Å². The van der Waals surface area contributed by atoms with E-state index in [0.717, 1.165) is 17.8 Å². The Balaban J connectivity index is 2.04. The standard InChI is InChI=1S/C14H14FN3/c1-2-18-6-5-11(10-18)9-17-13-3-4-14(15)12(7-13)8-16/h3-7,10,17H,2,9H2,1H3. The summed E-state index contributed by atoms with van der Waals surface area (Å²) in [4.78, 5) is 0. The van der Waals surface area contributed by atoms with E-state index in [1.165, 1.54) is 12.1 Å². The lowest BCUT2D eigenvalue weighted by atomic mass is 10.2. The molecule has 2 rings (SSSR count). The summed E-state index contributed by atoms with van der Waals surface area (Å²) in [6.07, 6.45) is 4.07. The first kappa shape index (κ1) is 12.2. The molecular formula is C14H14FN3. The maximum Gasteiger partial charge on any atom is 0.141 e. The zero-order chi connectivity index (χ0) is 13.0. The normalized spacial score (nSPS) is 10.1. The monoisotopic (exact) mass is 243 g/mol. The SMILES string of the molecule is CCn1ccc(CNc2ccc(F)c(C#N)c2)c1. The number of nitrogens with one attached hydrogen (secondary N) is 1. The molecule has 0 aliphatic carbocycles. The van der Waals surface area contributed by atoms with Gasteiger partial charge in [0.1, 0.15) is 11.9 Å². The number of aromatic nitrogens is 1. The molecule has 18 heavy (non-hydrogen) atoms. The van der Waals surface area contributed by atoms with Crippen LogP contribution >= 0.6 is 0 Å². The molecule has 0 saturated heterocycles. The van der Waals surface area contributed by atoms with Crippen LogP contribution in [0.2, 0.25) is 0 Å². The summed E-state index contributed by atoms with van der Waals surface area (Å²) >= 11 is 0. The molecule has 4 heteroatoms. The molecule has 1 N–H and O–H groups in total. The van der Waals surface area contributed by atoms with Crippen LogP contribution in [0.25, 0.3) is 0 Å². The van der Waals surface area contributed by atoms with Gasteiger partial charge in [0.15, 0.2) is 0 Å². The number of anilines is 1. The number of nitriles is 1. The van der Waals surface area contributed by atoms with Crippen LogP contribution in [0.15, 0.2) is 36.7 Å². The molecule has 0 bridgehead atoms. The molecule has 0 fully saturated rings. The number of benzene rings is 1. The van der Waals surface area contributed by atoms with Gasteiger partial charge in [-0.05, 0) is 36.8 Å². The number of hydrogen-bond acceptors (Lipinski definition) is 2. The largest absolute Gasteiger partial charge is 0.381 e. The summed E-state index contributed by atoms with van der Waals surface area (Å²) in [7, 11) is 0. The van der Waals surface area contributed by atoms with Gasteiger partial charge in [-0.2, -0.15) is 5.26 Å². The molecule has 0 radical (unpaired) electrons. The molecule has 1 heterocycles. The van der Waals surface area contributed by atoms with Crippen LogP contribution in [0.3, 0.4) is 0 Å². The van der Waals surface area contributed by atoms with Crippen LogP contribution in [0, 0.1) is 17.1 Å². The molecule has 92 valence electrons. The highest BCUT2D eigenvalue weighted by atomic mass is 19.1. The van der Waals surface area contributed by atoms with Gasteiger partial charge in [0.25, 0.3) is 0 Å². The summed E-state index contributed by atoms with van der Waals surface area (Å²) in [6, 6.07) is 8.32. The first-order chi connectivity index (χ1) is 8.72. The average molecular weight is 243 g/mol. The van der Waals surface area contributed by atoms with Crippen molar-refractivity contribution in [1.29, 1.82) is 5.26 Å². The summed E-state index contributed by atoms with van der Waals surface area (Å²) in [6.45, 7) is 3.68. The summed E-state index contributed by atoms with van der Waals surface area (Å²) in [5.74, 6) is -0.486. The molecular weight excluding hydrogens is 229 g/mol. The maximum absolute atomic E-state index is 13.1. The third-order valence-electron chi connectivity index (χ3n) is 2.76. The second kappa shape index (κ2) is 5.37. The van der Waals surface area contributed by atoms with Crippen molar-refractivity contribution in [2.75, 3.05) is 5.32 Å². The summed E-state index contributed by atoms with van der Waals surface area (Å²) in [5, 5.41) is 11.9. The third kappa shape index (κ3) is 2.69. The average Bonchev–Trinajstić information content (AvgIpc) is 2.86. The molecule has 0 unspecified atom stereocenters. The van der Waals surface area contributed by atoms with E-state index in [1.807, 2.05) is 18.3 Å². The van der Waals surface area contributed by atoms with E-state index < -0.39 is 5.82 Å². The molecule has 0 atom stereocenters. The Kier molecular flexibility index (Phi) is 3.63. The lowest BCUT2D eigenvalue weighted by Gasteiger charge is -2.05. The molecule has 1 aromatic heterocycles. The minimum Gasteiger partial charge on any atom is -0.381 e. The van der Waals surface area contributed by atoms with Crippen LogP contribution in [-0.4, -0.2) is 4.57 Å². The van der Waals surface area contributed by atoms with E-state index in [0.29, 0.717) is 6.54 Å². The second-order valence-corrected chi connectivity index (χ2v) is 4.01. The highest BCUT2D eigenvalue weighted by molar-refractivity contribution is 5.50. The topological polar surface area (TPSA) is 40.8 Å². The Morgan fingerprint density at radius 2 is 2.22 bits per heavy atom. The van der Waals surface area contributed by atoms with Crippen LogP contribution in [0.1, 0.15) is 18.1 Å². The molecule has 3 nitrogen and oxygen atoms in total. The zero-order valence-corrected chi connectivity index (χ0v) is 10.2. The number of nitrogens with zero attached hydrogens (tertiary/aromatic N) is 2. The van der Waals surface area contributed by atoms with Gasteiger partial charge in [0, 0.05) is 31.2 Å². The molecule has 0 amide bonds. The predicted molar refractivity (Wildman–Crippen MR) is 68.5 cm³/mol. The Bertz CT molecular complexity index is 581. The minimum absolute atomic E-state index is 0.0612. The lowest BCUT2D eigenvalue weighted by molar-refractivity contribution is 0.624. The number of aryl methyl sites for hydroxylation is 1. The van der Waals surface area contributed by atoms with E-state index in [9.17, 15) is 4.39 Å². The van der Waals surface area contributed by atoms with Crippen LogP contribution < -0.4 is 5.32 Å². The molecule has 0 spiro atoms. The molecule has 0 aliphatic rings. The van der Waals surface area contributed by atoms with Gasteiger partial charge in [0.05, 0.1) is 5.56 Å². The van der Waals surface area contributed by atoms with Crippen molar-refractivity contribution in [3.05, 3.63) is 53.6 Å². The van der Waals surface area contributed by atoms with Crippen molar-refractivity contribution in [1.82, 2.24) is 4.57 Å². The first-order valence-corrected chi connectivity index (χ1v) is 5.81. The van der Waals surface area contributed by atoms with Crippen LogP contribution in [0.5, 0.6) is 0 Å². The highest BCUT2D eigenvalue weighted by Gasteiger charge is 2.02. The van der Waals surface area contributed by atoms with Gasteiger partial charge in [-0.1, -0.05) is 0 Å². The van der Waals surface area contributed by atoms with Crippen molar-refractivity contribution < 1.29 is 4.39 Å². The number of hydrogen-bond donors (Lipinski definition) is 1. The van der Waals surface area contributed by atoms with Crippen molar-refractivity contribution in [2.45, 2.75) is 20.0 Å². The third-order valence-corrected chi connectivity index (χ3v) is 2.76. The Hall–Kier alpha value is -2.28. The number of halogens is 1. The van der Waals surface area contributed by atoms with Gasteiger partial charge in [-0.3, -0.25) is 0 Å². The van der Waals surface area contributed by atoms with E-state index in [4.69, 9.17) is 5.26 Å². The van der Waals surface area contributed by atoms with Crippen LogP contribution in [0.4, 0.5) is 10.1 Å². The molecule has 1 aromatic carbocycles. The van der Waals surface area contributed by atoms with Gasteiger partial charge in [0.2, 0.25) is 0 Å². The highest BCUT2D eigenvalue weighted by Crippen LogP contribution is 2.15. The molecule has 0 aliphatic heterocycles. The molecule has 2 aromatic rings. The maximum atomic E-state index is 13.1. The molecule has 0 saturated carbocycles. The van der Waals surface area contributed by atoms with Gasteiger partial charge in [-0.15, -0.1) is 0 Å². The number of rotatable bonds is 4. The van der Waals surface area contributed by atoms with Crippen molar-refractivity contribution in [3.63, 3.8) is 0 Å². The fraction of sp³-hybridized carbons (Fsp3) is 0.214. The summed E-state index contributed by atoms with van der Waals surface area (Å²) < 4.78 is 15.2. The van der Waals surface area contributed by atoms with E-state index in [2.05, 4.69) is 23.0 Å². The zero-order valence-electron chi connectivity index (χ0n) is 10.2. The summed E-state index contributed by atoms with van der Waals surface area (Å²) in [5.41, 5.74) is 1.96. The van der Waals surface area contributed by atoms with E-state index >= 15 is 0 Å². The minimum atomic E-state index is -0.486.